The van der Waals surface area contributed by atoms with Gasteiger partial charge in [0.25, 0.3) is 0 Å². The van der Waals surface area contributed by atoms with Gasteiger partial charge in [-0.05, 0) is 47.2 Å². The summed E-state index contributed by atoms with van der Waals surface area (Å²) in [5, 5.41) is 13.2. The van der Waals surface area contributed by atoms with Crippen LogP contribution < -0.4 is 10.8 Å². The molecular formula is C30H69BNO2. The van der Waals surface area contributed by atoms with E-state index in [1.54, 1.807) is 21.3 Å². The second kappa shape index (κ2) is 39.4. The van der Waals surface area contributed by atoms with E-state index in [4.69, 9.17) is 4.65 Å². The van der Waals surface area contributed by atoms with Gasteiger partial charge < -0.3 is 15.1 Å². The van der Waals surface area contributed by atoms with Crippen molar-refractivity contribution in [3.05, 3.63) is 29.8 Å². The molecule has 0 aromatic heterocycles. The van der Waals surface area contributed by atoms with Crippen LogP contribution in [0, 0.1) is 0 Å². The molecule has 1 atom stereocenters. The summed E-state index contributed by atoms with van der Waals surface area (Å²) in [7, 11) is 3.64. The number of hydrogen-bond acceptors (Lipinski definition) is 3. The lowest BCUT2D eigenvalue weighted by molar-refractivity contribution is -0.0893. The van der Waals surface area contributed by atoms with E-state index in [-0.39, 0.29) is 0 Å². The molecule has 0 aliphatic rings. The fraction of sp³-hybridized carbons (Fsp3) is 0.800. The molecule has 1 rings (SSSR count). The minimum atomic E-state index is -0.899. The van der Waals surface area contributed by atoms with Crippen LogP contribution in [0.15, 0.2) is 24.3 Å². The summed E-state index contributed by atoms with van der Waals surface area (Å²) in [5.74, 6) is 0. The molecule has 0 aliphatic heterocycles. The first-order valence-electron chi connectivity index (χ1n) is 14.1. The molecule has 0 spiro atoms. The first-order chi connectivity index (χ1) is 16.1. The fourth-order valence-corrected chi connectivity index (χ4v) is 1.39. The highest BCUT2D eigenvalue weighted by molar-refractivity contribution is 6.47. The molecule has 0 heterocycles. The SMILES string of the molecule is CC.CC.CC.CC.CC.CC.CCC.CNC(C)c1ccc([B]OC(C)(C)C(C)(C)O)cc1. The first kappa shape index (κ1) is 50.1. The normalized spacial score (nSPS) is 9.56. The summed E-state index contributed by atoms with van der Waals surface area (Å²) in [6.45, 7) is 37.6. The van der Waals surface area contributed by atoms with Gasteiger partial charge in [-0.1, -0.05) is 133 Å². The Bertz CT molecular complexity index is 413. The lowest BCUT2D eigenvalue weighted by atomic mass is 9.82. The average molecular weight is 487 g/mol. The number of aliphatic hydroxyl groups is 1. The quantitative estimate of drug-likeness (QED) is 0.394. The molecule has 209 valence electrons. The molecule has 0 saturated carbocycles. The monoisotopic (exact) mass is 487 g/mol. The zero-order valence-corrected chi connectivity index (χ0v) is 27.5. The predicted molar refractivity (Wildman–Crippen MR) is 165 cm³/mol. The zero-order valence-electron chi connectivity index (χ0n) is 27.5. The van der Waals surface area contributed by atoms with Gasteiger partial charge in [-0.25, -0.2) is 0 Å². The molecule has 0 bridgehead atoms. The van der Waals surface area contributed by atoms with Crippen LogP contribution >= 0.6 is 0 Å². The molecule has 1 unspecified atom stereocenters. The third-order valence-corrected chi connectivity index (χ3v) is 3.83. The molecule has 0 amide bonds. The van der Waals surface area contributed by atoms with E-state index in [1.165, 1.54) is 12.0 Å². The molecule has 1 aromatic carbocycles. The molecule has 0 fully saturated rings. The summed E-state index contributed by atoms with van der Waals surface area (Å²) in [6.07, 6.45) is 1.25. The van der Waals surface area contributed by atoms with E-state index < -0.39 is 11.2 Å². The van der Waals surface area contributed by atoms with Crippen molar-refractivity contribution in [3.63, 3.8) is 0 Å². The van der Waals surface area contributed by atoms with Crippen LogP contribution in [-0.4, -0.2) is 30.8 Å². The lowest BCUT2D eigenvalue weighted by Crippen LogP contribution is -2.49. The van der Waals surface area contributed by atoms with Gasteiger partial charge in [0.2, 0.25) is 0 Å². The fourth-order valence-electron chi connectivity index (χ4n) is 1.39. The molecule has 0 saturated heterocycles. The van der Waals surface area contributed by atoms with Crippen molar-refractivity contribution in [2.45, 2.75) is 155 Å². The Morgan fingerprint density at radius 2 is 1.06 bits per heavy atom. The molecule has 0 aliphatic carbocycles. The molecule has 1 radical (unpaired) electrons. The molecule has 1 aromatic rings. The Hall–Kier alpha value is -0.835. The Balaban J connectivity index is -0.0000000820. The smallest absolute Gasteiger partial charge is 0.330 e. The van der Waals surface area contributed by atoms with Crippen LogP contribution in [-0.2, 0) is 4.65 Å². The maximum absolute atomic E-state index is 10.0. The van der Waals surface area contributed by atoms with Crippen molar-refractivity contribution < 1.29 is 9.76 Å². The molecule has 34 heavy (non-hydrogen) atoms. The zero-order chi connectivity index (χ0) is 29.4. The lowest BCUT2D eigenvalue weighted by Gasteiger charge is -2.37. The average Bonchev–Trinajstić information content (AvgIpc) is 2.89. The van der Waals surface area contributed by atoms with Crippen LogP contribution in [0.1, 0.15) is 150 Å². The second-order valence-electron chi connectivity index (χ2n) is 6.69. The van der Waals surface area contributed by atoms with Gasteiger partial charge in [0.1, 0.15) is 0 Å². The number of nitrogens with one attached hydrogen (secondary N) is 1. The number of benzene rings is 1. The van der Waals surface area contributed by atoms with Crippen molar-refractivity contribution in [1.29, 1.82) is 0 Å². The van der Waals surface area contributed by atoms with Crippen LogP contribution in [0.3, 0.4) is 0 Å². The summed E-state index contributed by atoms with van der Waals surface area (Å²) in [5.41, 5.74) is 0.694. The molecule has 4 heteroatoms. The maximum Gasteiger partial charge on any atom is 0.330 e. The highest BCUT2D eigenvalue weighted by Crippen LogP contribution is 2.24. The summed E-state index contributed by atoms with van der Waals surface area (Å²) in [6, 6.07) is 8.52. The van der Waals surface area contributed by atoms with Crippen LogP contribution in [0.5, 0.6) is 0 Å². The molecular weight excluding hydrogens is 417 g/mol. The van der Waals surface area contributed by atoms with Gasteiger partial charge in [-0.3, -0.25) is 0 Å². The highest BCUT2D eigenvalue weighted by Gasteiger charge is 2.35. The first-order valence-corrected chi connectivity index (χ1v) is 14.1. The summed E-state index contributed by atoms with van der Waals surface area (Å²) >= 11 is 0. The van der Waals surface area contributed by atoms with E-state index in [9.17, 15) is 5.11 Å². The third kappa shape index (κ3) is 31.2. The minimum Gasteiger partial charge on any atom is -0.427 e. The van der Waals surface area contributed by atoms with Crippen molar-refractivity contribution in [3.8, 4) is 0 Å². The van der Waals surface area contributed by atoms with Crippen molar-refractivity contribution in [2.24, 2.45) is 0 Å². The van der Waals surface area contributed by atoms with Gasteiger partial charge in [0.05, 0.1) is 11.2 Å². The Labute approximate surface area is 220 Å². The van der Waals surface area contributed by atoms with Crippen LogP contribution in [0.25, 0.3) is 0 Å². The highest BCUT2D eigenvalue weighted by atomic mass is 16.5. The van der Waals surface area contributed by atoms with E-state index in [0.717, 1.165) is 5.46 Å². The van der Waals surface area contributed by atoms with E-state index in [2.05, 4.69) is 38.2 Å². The van der Waals surface area contributed by atoms with Gasteiger partial charge in [-0.15, -0.1) is 0 Å². The largest absolute Gasteiger partial charge is 0.427 e. The van der Waals surface area contributed by atoms with E-state index >= 15 is 0 Å². The van der Waals surface area contributed by atoms with Crippen molar-refractivity contribution >= 4 is 12.9 Å². The topological polar surface area (TPSA) is 41.5 Å². The second-order valence-corrected chi connectivity index (χ2v) is 6.69. The Morgan fingerprint density at radius 1 is 0.765 bits per heavy atom. The predicted octanol–water partition coefficient (Wildman–Crippen LogP) is 9.35. The number of hydrogen-bond donors (Lipinski definition) is 2. The van der Waals surface area contributed by atoms with Crippen molar-refractivity contribution in [1.82, 2.24) is 5.32 Å². The van der Waals surface area contributed by atoms with Gasteiger partial charge >= 0.3 is 7.48 Å². The van der Waals surface area contributed by atoms with Gasteiger partial charge in [0.15, 0.2) is 0 Å². The molecule has 3 nitrogen and oxygen atoms in total. The summed E-state index contributed by atoms with van der Waals surface area (Å²) in [4.78, 5) is 0. The standard InChI is InChI=1S/C15H25BNO2.C3H8.6C2H6/c1-11(17-6)12-7-9-13(10-8-12)16-19-15(4,5)14(2,3)18;1-3-2;6*1-2/h7-11,17-18H,1-6H3;3H2,1-2H3;6*1-2H3. The summed E-state index contributed by atoms with van der Waals surface area (Å²) < 4.78 is 5.72. The van der Waals surface area contributed by atoms with Gasteiger partial charge in [0, 0.05) is 6.04 Å². The van der Waals surface area contributed by atoms with Crippen LogP contribution in [0.2, 0.25) is 0 Å². The number of rotatable bonds is 6. The van der Waals surface area contributed by atoms with Gasteiger partial charge in [-0.2, -0.15) is 0 Å². The van der Waals surface area contributed by atoms with E-state index in [1.807, 2.05) is 116 Å². The minimum absolute atomic E-state index is 0.336. The van der Waals surface area contributed by atoms with Crippen molar-refractivity contribution in [2.75, 3.05) is 7.05 Å². The third-order valence-electron chi connectivity index (χ3n) is 3.83. The molecule has 2 N–H and O–H groups in total. The Kier molecular flexibility index (Phi) is 58.1. The Morgan fingerprint density at radius 3 is 1.29 bits per heavy atom. The van der Waals surface area contributed by atoms with E-state index in [0.29, 0.717) is 6.04 Å². The van der Waals surface area contributed by atoms with Crippen LogP contribution in [0.4, 0.5) is 0 Å². The maximum atomic E-state index is 10.0.